The molecule has 0 radical (unpaired) electrons. The van der Waals surface area contributed by atoms with Crippen LogP contribution in [0.15, 0.2) is 40.6 Å². The van der Waals surface area contributed by atoms with Gasteiger partial charge in [0, 0.05) is 11.9 Å². The van der Waals surface area contributed by atoms with Gasteiger partial charge in [-0.15, -0.1) is 0 Å². The summed E-state index contributed by atoms with van der Waals surface area (Å²) < 4.78 is 1.64. The second kappa shape index (κ2) is 4.36. The molecule has 0 spiro atoms. The van der Waals surface area contributed by atoms with Crippen LogP contribution in [0.25, 0.3) is 0 Å². The van der Waals surface area contributed by atoms with Gasteiger partial charge < -0.3 is 5.11 Å². The Morgan fingerprint density at radius 1 is 1.50 bits per heavy atom. The average molecular weight is 235 g/mol. The number of aromatic carboxylic acids is 1. The molecule has 1 N–H and O–H groups in total. The third-order valence-corrected chi connectivity index (χ3v) is 3.00. The van der Waals surface area contributed by atoms with Gasteiger partial charge in [0.1, 0.15) is 6.33 Å². The van der Waals surface area contributed by atoms with Gasteiger partial charge in [-0.2, -0.15) is 5.10 Å². The van der Waals surface area contributed by atoms with Crippen molar-refractivity contribution in [3.05, 3.63) is 36.2 Å². The molecule has 0 aliphatic heterocycles. The highest BCUT2D eigenvalue weighted by Gasteiger charge is 2.06. The van der Waals surface area contributed by atoms with Crippen molar-refractivity contribution < 1.29 is 9.90 Å². The number of carboxylic acid groups (broad SMARTS) is 1. The van der Waals surface area contributed by atoms with Crippen LogP contribution in [0, 0.1) is 0 Å². The van der Waals surface area contributed by atoms with Crippen molar-refractivity contribution in [2.45, 2.75) is 10.1 Å². The van der Waals surface area contributed by atoms with E-state index in [0.29, 0.717) is 0 Å². The molecule has 0 aliphatic carbocycles. The number of aryl methyl sites for hydroxylation is 1. The van der Waals surface area contributed by atoms with E-state index < -0.39 is 5.97 Å². The summed E-state index contributed by atoms with van der Waals surface area (Å²) in [6.07, 6.45) is 1.46. The van der Waals surface area contributed by atoms with E-state index in [1.807, 2.05) is 6.07 Å². The van der Waals surface area contributed by atoms with Gasteiger partial charge in [-0.3, -0.25) is 0 Å². The zero-order valence-corrected chi connectivity index (χ0v) is 9.31. The quantitative estimate of drug-likeness (QED) is 0.876. The monoisotopic (exact) mass is 235 g/mol. The highest BCUT2D eigenvalue weighted by molar-refractivity contribution is 7.99. The molecule has 2 rings (SSSR count). The molecule has 1 aromatic carbocycles. The minimum Gasteiger partial charge on any atom is -0.478 e. The van der Waals surface area contributed by atoms with E-state index in [4.69, 9.17) is 5.11 Å². The molecule has 16 heavy (non-hydrogen) atoms. The molecule has 0 saturated carbocycles. The molecular formula is C10H9N3O2S. The van der Waals surface area contributed by atoms with Gasteiger partial charge in [-0.05, 0) is 18.2 Å². The van der Waals surface area contributed by atoms with Crippen LogP contribution in [-0.4, -0.2) is 25.8 Å². The fourth-order valence-electron chi connectivity index (χ4n) is 1.18. The summed E-state index contributed by atoms with van der Waals surface area (Å²) in [4.78, 5) is 15.7. The molecule has 0 aliphatic rings. The zero-order valence-electron chi connectivity index (χ0n) is 8.49. The van der Waals surface area contributed by atoms with Crippen LogP contribution in [-0.2, 0) is 7.05 Å². The third-order valence-electron chi connectivity index (χ3n) is 1.96. The van der Waals surface area contributed by atoms with Crippen LogP contribution in [0.3, 0.4) is 0 Å². The van der Waals surface area contributed by atoms with Crippen LogP contribution in [0.2, 0.25) is 0 Å². The van der Waals surface area contributed by atoms with Gasteiger partial charge in [0.15, 0.2) is 5.16 Å². The van der Waals surface area contributed by atoms with Crippen LogP contribution in [0.4, 0.5) is 0 Å². The molecule has 82 valence electrons. The number of nitrogens with zero attached hydrogens (tertiary/aromatic N) is 3. The van der Waals surface area contributed by atoms with Gasteiger partial charge in [0.05, 0.1) is 5.56 Å². The minimum absolute atomic E-state index is 0.271. The van der Waals surface area contributed by atoms with Crippen LogP contribution < -0.4 is 0 Å². The van der Waals surface area contributed by atoms with Crippen molar-refractivity contribution in [2.75, 3.05) is 0 Å². The van der Waals surface area contributed by atoms with Gasteiger partial charge in [0.2, 0.25) is 0 Å². The predicted octanol–water partition coefficient (Wildman–Crippen LogP) is 1.66. The predicted molar refractivity (Wildman–Crippen MR) is 58.5 cm³/mol. The van der Waals surface area contributed by atoms with Crippen molar-refractivity contribution in [3.8, 4) is 0 Å². The van der Waals surface area contributed by atoms with Crippen LogP contribution in [0.1, 0.15) is 10.4 Å². The highest BCUT2D eigenvalue weighted by atomic mass is 32.2. The molecule has 1 heterocycles. The van der Waals surface area contributed by atoms with E-state index in [1.165, 1.54) is 18.1 Å². The van der Waals surface area contributed by atoms with Crippen molar-refractivity contribution in [1.29, 1.82) is 0 Å². The number of benzene rings is 1. The van der Waals surface area contributed by atoms with Crippen LogP contribution in [0.5, 0.6) is 0 Å². The maximum atomic E-state index is 10.8. The average Bonchev–Trinajstić information content (AvgIpc) is 2.65. The fourth-order valence-corrected chi connectivity index (χ4v) is 2.00. The van der Waals surface area contributed by atoms with Crippen LogP contribution >= 0.6 is 11.8 Å². The number of hydrogen-bond donors (Lipinski definition) is 1. The molecule has 0 saturated heterocycles. The largest absolute Gasteiger partial charge is 0.478 e. The first-order chi connectivity index (χ1) is 7.66. The van der Waals surface area contributed by atoms with Gasteiger partial charge in [-0.25, -0.2) is 14.5 Å². The molecule has 0 amide bonds. The second-order valence-corrected chi connectivity index (χ2v) is 4.14. The standard InChI is InChI=1S/C10H9N3O2S/c1-13-10(11-6-12-13)16-8-4-2-3-7(5-8)9(14)15/h2-6H,1H3,(H,14,15). The maximum Gasteiger partial charge on any atom is 0.335 e. The van der Waals surface area contributed by atoms with Gasteiger partial charge in [0.25, 0.3) is 0 Å². The molecule has 0 atom stereocenters. The second-order valence-electron chi connectivity index (χ2n) is 3.10. The lowest BCUT2D eigenvalue weighted by atomic mass is 10.2. The summed E-state index contributed by atoms with van der Waals surface area (Å²) in [5.74, 6) is -0.930. The third kappa shape index (κ3) is 2.22. The van der Waals surface area contributed by atoms with E-state index in [-0.39, 0.29) is 5.56 Å². The summed E-state index contributed by atoms with van der Waals surface area (Å²) in [5.41, 5.74) is 0.271. The molecule has 0 bridgehead atoms. The Bertz CT molecular complexity index is 524. The van der Waals surface area contributed by atoms with E-state index >= 15 is 0 Å². The topological polar surface area (TPSA) is 68.0 Å². The van der Waals surface area contributed by atoms with Crippen molar-refractivity contribution in [1.82, 2.24) is 14.8 Å². The first kappa shape index (κ1) is 10.7. The molecule has 6 heteroatoms. The number of carbonyl (C=O) groups is 1. The smallest absolute Gasteiger partial charge is 0.335 e. The number of aromatic nitrogens is 3. The Labute approximate surface area is 96.1 Å². The number of carboxylic acids is 1. The first-order valence-electron chi connectivity index (χ1n) is 4.52. The summed E-state index contributed by atoms with van der Waals surface area (Å²) in [7, 11) is 1.79. The normalized spacial score (nSPS) is 10.3. The van der Waals surface area contributed by atoms with E-state index in [9.17, 15) is 4.79 Å². The Balaban J connectivity index is 2.25. The Hall–Kier alpha value is -1.82. The number of rotatable bonds is 3. The molecule has 2 aromatic rings. The Morgan fingerprint density at radius 2 is 2.31 bits per heavy atom. The summed E-state index contributed by atoms with van der Waals surface area (Å²) in [6.45, 7) is 0. The molecule has 5 nitrogen and oxygen atoms in total. The lowest BCUT2D eigenvalue weighted by Gasteiger charge is -2.01. The van der Waals surface area contributed by atoms with Gasteiger partial charge in [-0.1, -0.05) is 17.8 Å². The fraction of sp³-hybridized carbons (Fsp3) is 0.100. The zero-order chi connectivity index (χ0) is 11.5. The Kier molecular flexibility index (Phi) is 2.91. The van der Waals surface area contributed by atoms with Gasteiger partial charge >= 0.3 is 5.97 Å². The maximum absolute atomic E-state index is 10.8. The van der Waals surface area contributed by atoms with Crippen molar-refractivity contribution in [3.63, 3.8) is 0 Å². The van der Waals surface area contributed by atoms with E-state index in [0.717, 1.165) is 10.1 Å². The molecule has 1 aromatic heterocycles. The summed E-state index contributed by atoms with van der Waals surface area (Å²) >= 11 is 1.38. The minimum atomic E-state index is -0.930. The molecular weight excluding hydrogens is 226 g/mol. The van der Waals surface area contributed by atoms with E-state index in [1.54, 1.807) is 29.9 Å². The first-order valence-corrected chi connectivity index (χ1v) is 5.33. The molecule has 0 unspecified atom stereocenters. The number of hydrogen-bond acceptors (Lipinski definition) is 4. The summed E-state index contributed by atoms with van der Waals surface area (Å²) in [6, 6.07) is 6.72. The highest BCUT2D eigenvalue weighted by Crippen LogP contribution is 2.25. The van der Waals surface area contributed by atoms with Crippen molar-refractivity contribution >= 4 is 17.7 Å². The summed E-state index contributed by atoms with van der Waals surface area (Å²) in [5, 5.41) is 13.5. The Morgan fingerprint density at radius 3 is 2.94 bits per heavy atom. The molecule has 0 fully saturated rings. The van der Waals surface area contributed by atoms with E-state index in [2.05, 4.69) is 10.1 Å². The SMILES string of the molecule is Cn1ncnc1Sc1cccc(C(=O)O)c1. The van der Waals surface area contributed by atoms with Crippen molar-refractivity contribution in [2.24, 2.45) is 7.05 Å². The lowest BCUT2D eigenvalue weighted by Crippen LogP contribution is -1.96. The lowest BCUT2D eigenvalue weighted by molar-refractivity contribution is 0.0696.